The maximum Gasteiger partial charge on any atom is 0.238 e. The molecule has 0 aliphatic heterocycles. The van der Waals surface area contributed by atoms with E-state index in [-0.39, 0.29) is 24.0 Å². The van der Waals surface area contributed by atoms with E-state index in [1.54, 1.807) is 19.1 Å². The van der Waals surface area contributed by atoms with Crippen LogP contribution >= 0.6 is 0 Å². The minimum absolute atomic E-state index is 0.194. The molecule has 1 aliphatic rings. The van der Waals surface area contributed by atoms with Gasteiger partial charge in [0, 0.05) is 6.04 Å². The second kappa shape index (κ2) is 4.61. The maximum absolute atomic E-state index is 13.4. The Bertz CT molecular complexity index is 382. The van der Waals surface area contributed by atoms with Crippen LogP contribution in [0.4, 0.5) is 10.1 Å². The van der Waals surface area contributed by atoms with Crippen molar-refractivity contribution in [2.75, 3.05) is 11.9 Å². The minimum Gasteiger partial charge on any atom is -0.322 e. The summed E-state index contributed by atoms with van der Waals surface area (Å²) in [4.78, 5) is 11.5. The number of rotatable bonds is 4. The normalized spacial score (nSPS) is 14.9. The molecule has 3 nitrogen and oxygen atoms in total. The second-order valence-corrected chi connectivity index (χ2v) is 4.14. The highest BCUT2D eigenvalue weighted by Gasteiger charge is 2.21. The number of carbonyl (C=O) groups excluding carboxylic acids is 1. The molecule has 1 fully saturated rings. The molecule has 1 aromatic carbocycles. The van der Waals surface area contributed by atoms with E-state index in [1.165, 1.54) is 6.07 Å². The Morgan fingerprint density at radius 2 is 2.25 bits per heavy atom. The summed E-state index contributed by atoms with van der Waals surface area (Å²) in [6.07, 6.45) is 2.26. The molecule has 1 aliphatic carbocycles. The highest BCUT2D eigenvalue weighted by Crippen LogP contribution is 2.19. The lowest BCUT2D eigenvalue weighted by molar-refractivity contribution is -0.115. The van der Waals surface area contributed by atoms with Crippen LogP contribution in [0.25, 0.3) is 0 Å². The van der Waals surface area contributed by atoms with Crippen LogP contribution in [0.2, 0.25) is 0 Å². The van der Waals surface area contributed by atoms with Crippen molar-refractivity contribution in [3.05, 3.63) is 29.6 Å². The number of halogens is 1. The van der Waals surface area contributed by atoms with Gasteiger partial charge in [-0.05, 0) is 31.4 Å². The Kier molecular flexibility index (Phi) is 3.19. The Morgan fingerprint density at radius 1 is 1.50 bits per heavy atom. The van der Waals surface area contributed by atoms with Crippen molar-refractivity contribution in [2.45, 2.75) is 25.8 Å². The number of para-hydroxylation sites is 1. The average molecular weight is 222 g/mol. The van der Waals surface area contributed by atoms with E-state index in [1.807, 2.05) is 0 Å². The van der Waals surface area contributed by atoms with Gasteiger partial charge in [0.1, 0.15) is 5.82 Å². The van der Waals surface area contributed by atoms with E-state index >= 15 is 0 Å². The predicted molar refractivity (Wildman–Crippen MR) is 60.8 cm³/mol. The van der Waals surface area contributed by atoms with Gasteiger partial charge < -0.3 is 10.6 Å². The van der Waals surface area contributed by atoms with Crippen molar-refractivity contribution in [1.82, 2.24) is 5.32 Å². The molecular weight excluding hydrogens is 207 g/mol. The Balaban J connectivity index is 1.93. The third kappa shape index (κ3) is 2.79. The number of benzene rings is 1. The van der Waals surface area contributed by atoms with Crippen molar-refractivity contribution in [3.63, 3.8) is 0 Å². The fourth-order valence-electron chi connectivity index (χ4n) is 1.50. The lowest BCUT2D eigenvalue weighted by Crippen LogP contribution is -2.29. The van der Waals surface area contributed by atoms with Crippen molar-refractivity contribution < 1.29 is 9.18 Å². The summed E-state index contributed by atoms with van der Waals surface area (Å²) in [7, 11) is 0. The lowest BCUT2D eigenvalue weighted by atomic mass is 10.2. The van der Waals surface area contributed by atoms with E-state index in [0.717, 1.165) is 18.4 Å². The molecule has 4 heteroatoms. The van der Waals surface area contributed by atoms with Crippen LogP contribution in [0.3, 0.4) is 0 Å². The quantitative estimate of drug-likeness (QED) is 0.816. The van der Waals surface area contributed by atoms with Crippen LogP contribution < -0.4 is 10.6 Å². The van der Waals surface area contributed by atoms with Crippen LogP contribution in [-0.2, 0) is 4.79 Å². The Labute approximate surface area is 94.0 Å². The van der Waals surface area contributed by atoms with Crippen LogP contribution in [0.1, 0.15) is 18.4 Å². The predicted octanol–water partition coefficient (Wildman–Crippen LogP) is 1.82. The van der Waals surface area contributed by atoms with Gasteiger partial charge in [0.05, 0.1) is 12.2 Å². The highest BCUT2D eigenvalue weighted by molar-refractivity contribution is 5.93. The van der Waals surface area contributed by atoms with Crippen LogP contribution in [-0.4, -0.2) is 18.5 Å². The summed E-state index contributed by atoms with van der Waals surface area (Å²) >= 11 is 0. The van der Waals surface area contributed by atoms with E-state index in [0.29, 0.717) is 6.04 Å². The molecule has 16 heavy (non-hydrogen) atoms. The van der Waals surface area contributed by atoms with Crippen molar-refractivity contribution in [2.24, 2.45) is 0 Å². The monoisotopic (exact) mass is 222 g/mol. The molecule has 1 saturated carbocycles. The summed E-state index contributed by atoms with van der Waals surface area (Å²) in [5, 5.41) is 5.67. The molecule has 2 N–H and O–H groups in total. The maximum atomic E-state index is 13.4. The van der Waals surface area contributed by atoms with E-state index < -0.39 is 0 Å². The molecular formula is C12H15FN2O. The van der Waals surface area contributed by atoms with E-state index in [2.05, 4.69) is 10.6 Å². The zero-order valence-electron chi connectivity index (χ0n) is 9.22. The number of anilines is 1. The summed E-state index contributed by atoms with van der Waals surface area (Å²) in [6.45, 7) is 2.02. The summed E-state index contributed by atoms with van der Waals surface area (Å²) in [5.74, 6) is -0.583. The van der Waals surface area contributed by atoms with Gasteiger partial charge in [0.25, 0.3) is 0 Å². The molecule has 86 valence electrons. The number of amides is 1. The Morgan fingerprint density at radius 3 is 2.88 bits per heavy atom. The summed E-state index contributed by atoms with van der Waals surface area (Å²) in [6, 6.07) is 5.22. The van der Waals surface area contributed by atoms with Gasteiger partial charge in [-0.3, -0.25) is 4.79 Å². The first-order valence-electron chi connectivity index (χ1n) is 5.45. The number of hydrogen-bond donors (Lipinski definition) is 2. The number of carbonyl (C=O) groups is 1. The first-order valence-corrected chi connectivity index (χ1v) is 5.45. The third-order valence-corrected chi connectivity index (χ3v) is 2.62. The van der Waals surface area contributed by atoms with Crippen molar-refractivity contribution in [1.29, 1.82) is 0 Å². The second-order valence-electron chi connectivity index (χ2n) is 4.14. The summed E-state index contributed by atoms with van der Waals surface area (Å²) in [5.41, 5.74) is 1.02. The molecule has 1 amide bonds. The first-order chi connectivity index (χ1) is 7.66. The van der Waals surface area contributed by atoms with Crippen LogP contribution in [0.5, 0.6) is 0 Å². The minimum atomic E-state index is -0.389. The molecule has 2 rings (SSSR count). The smallest absolute Gasteiger partial charge is 0.238 e. The van der Waals surface area contributed by atoms with Gasteiger partial charge in [0.15, 0.2) is 0 Å². The van der Waals surface area contributed by atoms with Gasteiger partial charge >= 0.3 is 0 Å². The van der Waals surface area contributed by atoms with Crippen LogP contribution in [0, 0.1) is 12.7 Å². The zero-order chi connectivity index (χ0) is 11.5. The zero-order valence-corrected chi connectivity index (χ0v) is 9.22. The van der Waals surface area contributed by atoms with Gasteiger partial charge in [0.2, 0.25) is 5.91 Å². The molecule has 0 spiro atoms. The topological polar surface area (TPSA) is 41.1 Å². The van der Waals surface area contributed by atoms with Crippen molar-refractivity contribution >= 4 is 11.6 Å². The molecule has 0 bridgehead atoms. The molecule has 0 heterocycles. The number of nitrogens with one attached hydrogen (secondary N) is 2. The standard InChI is InChI=1S/C12H15FN2O/c1-8-3-2-4-10(13)12(8)15-11(16)7-14-9-5-6-9/h2-4,9,14H,5-7H2,1H3,(H,15,16). The highest BCUT2D eigenvalue weighted by atomic mass is 19.1. The average Bonchev–Trinajstić information content (AvgIpc) is 3.04. The van der Waals surface area contributed by atoms with E-state index in [4.69, 9.17) is 0 Å². The number of hydrogen-bond acceptors (Lipinski definition) is 2. The number of aryl methyl sites for hydroxylation is 1. The van der Waals surface area contributed by atoms with Gasteiger partial charge in [-0.25, -0.2) is 4.39 Å². The largest absolute Gasteiger partial charge is 0.322 e. The van der Waals surface area contributed by atoms with Crippen molar-refractivity contribution in [3.8, 4) is 0 Å². The SMILES string of the molecule is Cc1cccc(F)c1NC(=O)CNC1CC1. The molecule has 0 atom stereocenters. The summed E-state index contributed by atoms with van der Waals surface area (Å²) < 4.78 is 13.4. The van der Waals surface area contributed by atoms with Gasteiger partial charge in [-0.2, -0.15) is 0 Å². The third-order valence-electron chi connectivity index (χ3n) is 2.62. The Hall–Kier alpha value is -1.42. The first kappa shape index (κ1) is 11.1. The fraction of sp³-hybridized carbons (Fsp3) is 0.417. The van der Waals surface area contributed by atoms with Crippen LogP contribution in [0.15, 0.2) is 18.2 Å². The van der Waals surface area contributed by atoms with Gasteiger partial charge in [-0.15, -0.1) is 0 Å². The molecule has 0 aromatic heterocycles. The molecule has 0 unspecified atom stereocenters. The van der Waals surface area contributed by atoms with Gasteiger partial charge in [-0.1, -0.05) is 12.1 Å². The lowest BCUT2D eigenvalue weighted by Gasteiger charge is -2.09. The molecule has 0 saturated heterocycles. The molecule has 0 radical (unpaired) electrons. The molecule has 1 aromatic rings. The fourth-order valence-corrected chi connectivity index (χ4v) is 1.50. The van der Waals surface area contributed by atoms with E-state index in [9.17, 15) is 9.18 Å².